The summed E-state index contributed by atoms with van der Waals surface area (Å²) in [6, 6.07) is 0. The number of carbonyl (C=O) groups excluding carboxylic acids is 2. The van der Waals surface area contributed by atoms with Gasteiger partial charge in [-0.25, -0.2) is 0 Å². The number of alkyl halides is 1. The second kappa shape index (κ2) is 6.85. The zero-order valence-electron chi connectivity index (χ0n) is 6.72. The molecule has 0 atom stereocenters. The van der Waals surface area contributed by atoms with E-state index < -0.39 is 5.97 Å². The lowest BCUT2D eigenvalue weighted by atomic mass is 10.2. The van der Waals surface area contributed by atoms with E-state index >= 15 is 0 Å². The molecule has 12 heavy (non-hydrogen) atoms. The van der Waals surface area contributed by atoms with Crippen molar-refractivity contribution in [1.29, 1.82) is 0 Å². The average Bonchev–Trinajstić information content (AvgIpc) is 2.10. The third kappa shape index (κ3) is 5.92. The van der Waals surface area contributed by atoms with Gasteiger partial charge in [0.05, 0.1) is 12.3 Å². The highest BCUT2D eigenvalue weighted by atomic mass is 35.5. The molecule has 3 nitrogen and oxygen atoms in total. The molecule has 0 fully saturated rings. The van der Waals surface area contributed by atoms with Crippen molar-refractivity contribution in [2.24, 2.45) is 0 Å². The number of halogens is 1. The molecule has 68 valence electrons. The minimum Gasteiger partial charge on any atom is -0.461 e. The number of ketones is 1. The van der Waals surface area contributed by atoms with Crippen molar-refractivity contribution in [3.05, 3.63) is 12.7 Å². The van der Waals surface area contributed by atoms with Crippen LogP contribution in [0.15, 0.2) is 12.7 Å². The number of Topliss-reactive ketones (excluding diaryl/α,β-unsaturated/α-hetero) is 1. The monoisotopic (exact) mass is 190 g/mol. The Balaban J connectivity index is 3.43. The molecule has 0 N–H and O–H groups in total. The van der Waals surface area contributed by atoms with Gasteiger partial charge in [0, 0.05) is 6.42 Å². The zero-order valence-corrected chi connectivity index (χ0v) is 7.47. The molecule has 0 saturated carbocycles. The molecule has 0 aromatic rings. The van der Waals surface area contributed by atoms with Crippen LogP contribution in [-0.2, 0) is 14.3 Å². The molecule has 0 aromatic carbocycles. The summed E-state index contributed by atoms with van der Waals surface area (Å²) in [5.74, 6) is -0.588. The Labute approximate surface area is 76.3 Å². The van der Waals surface area contributed by atoms with E-state index in [-0.39, 0.29) is 31.1 Å². The first-order valence-corrected chi connectivity index (χ1v) is 4.08. The van der Waals surface area contributed by atoms with Crippen LogP contribution in [0.5, 0.6) is 0 Å². The van der Waals surface area contributed by atoms with Crippen LogP contribution in [0.2, 0.25) is 0 Å². The van der Waals surface area contributed by atoms with Crippen LogP contribution >= 0.6 is 11.6 Å². The molecule has 0 aromatic heterocycles. The third-order valence-corrected chi connectivity index (χ3v) is 1.42. The van der Waals surface area contributed by atoms with Crippen LogP contribution < -0.4 is 0 Å². The number of hydrogen-bond acceptors (Lipinski definition) is 3. The molecule has 0 heterocycles. The molecule has 0 spiro atoms. The molecular weight excluding hydrogens is 180 g/mol. The Morgan fingerprint density at radius 2 is 2.08 bits per heavy atom. The van der Waals surface area contributed by atoms with Gasteiger partial charge in [-0.2, -0.15) is 0 Å². The molecule has 0 aliphatic heterocycles. The van der Waals surface area contributed by atoms with E-state index in [0.29, 0.717) is 0 Å². The van der Waals surface area contributed by atoms with E-state index in [1.807, 2.05) is 0 Å². The normalized spacial score (nSPS) is 9.08. The van der Waals surface area contributed by atoms with Gasteiger partial charge in [0.15, 0.2) is 0 Å². The summed E-state index contributed by atoms with van der Waals surface area (Å²) < 4.78 is 4.63. The molecule has 0 rings (SSSR count). The second-order valence-electron chi connectivity index (χ2n) is 2.14. The Morgan fingerprint density at radius 3 is 2.58 bits per heavy atom. The predicted octanol–water partition coefficient (Wildman–Crippen LogP) is 1.30. The fraction of sp³-hybridized carbons (Fsp3) is 0.500. The van der Waals surface area contributed by atoms with Crippen molar-refractivity contribution in [3.63, 3.8) is 0 Å². The van der Waals surface area contributed by atoms with Crippen LogP contribution in [-0.4, -0.2) is 24.2 Å². The van der Waals surface area contributed by atoms with Crippen LogP contribution in [0, 0.1) is 0 Å². The highest BCUT2D eigenvalue weighted by molar-refractivity contribution is 6.27. The van der Waals surface area contributed by atoms with Gasteiger partial charge < -0.3 is 4.74 Å². The molecule has 0 aliphatic carbocycles. The smallest absolute Gasteiger partial charge is 0.306 e. The average molecular weight is 191 g/mol. The number of hydrogen-bond donors (Lipinski definition) is 0. The first kappa shape index (κ1) is 11.2. The maximum atomic E-state index is 10.8. The van der Waals surface area contributed by atoms with E-state index in [2.05, 4.69) is 11.3 Å². The SMILES string of the molecule is C=CCOC(=O)CCC(=O)CCl. The Kier molecular flexibility index (Phi) is 6.38. The van der Waals surface area contributed by atoms with Gasteiger partial charge in [-0.15, -0.1) is 11.6 Å². The number of rotatable bonds is 6. The summed E-state index contributed by atoms with van der Waals surface area (Å²) in [6.45, 7) is 3.57. The van der Waals surface area contributed by atoms with E-state index in [1.54, 1.807) is 0 Å². The zero-order chi connectivity index (χ0) is 9.40. The fourth-order valence-electron chi connectivity index (χ4n) is 0.532. The minimum atomic E-state index is -0.395. The predicted molar refractivity (Wildman–Crippen MR) is 46.1 cm³/mol. The summed E-state index contributed by atoms with van der Waals surface area (Å²) in [4.78, 5) is 21.4. The lowest BCUT2D eigenvalue weighted by molar-refractivity contribution is -0.143. The highest BCUT2D eigenvalue weighted by Gasteiger charge is 2.05. The largest absolute Gasteiger partial charge is 0.461 e. The van der Waals surface area contributed by atoms with Crippen LogP contribution in [0.4, 0.5) is 0 Å². The molecule has 0 bridgehead atoms. The first-order chi connectivity index (χ1) is 5.70. The Hall–Kier alpha value is -0.830. The van der Waals surface area contributed by atoms with Gasteiger partial charge in [0.1, 0.15) is 12.4 Å². The molecular formula is C8H11ClO3. The van der Waals surface area contributed by atoms with Crippen molar-refractivity contribution in [2.45, 2.75) is 12.8 Å². The minimum absolute atomic E-state index is 0.0469. The number of esters is 1. The van der Waals surface area contributed by atoms with Crippen molar-refractivity contribution in [2.75, 3.05) is 12.5 Å². The summed E-state index contributed by atoms with van der Waals surface area (Å²) >= 11 is 5.22. The summed E-state index contributed by atoms with van der Waals surface area (Å²) in [6.07, 6.45) is 1.72. The lowest BCUT2D eigenvalue weighted by Gasteiger charge is -1.99. The van der Waals surface area contributed by atoms with E-state index in [9.17, 15) is 9.59 Å². The van der Waals surface area contributed by atoms with Crippen molar-refractivity contribution >= 4 is 23.4 Å². The van der Waals surface area contributed by atoms with Crippen LogP contribution in [0.3, 0.4) is 0 Å². The van der Waals surface area contributed by atoms with Gasteiger partial charge in [0.25, 0.3) is 0 Å². The van der Waals surface area contributed by atoms with Crippen LogP contribution in [0.1, 0.15) is 12.8 Å². The molecule has 0 amide bonds. The van der Waals surface area contributed by atoms with Gasteiger partial charge >= 0.3 is 5.97 Å². The number of ether oxygens (including phenoxy) is 1. The van der Waals surface area contributed by atoms with Gasteiger partial charge in [0.2, 0.25) is 0 Å². The highest BCUT2D eigenvalue weighted by Crippen LogP contribution is 1.95. The van der Waals surface area contributed by atoms with E-state index in [0.717, 1.165) is 0 Å². The summed E-state index contributed by atoms with van der Waals surface area (Å²) in [5, 5.41) is 0. The Morgan fingerprint density at radius 1 is 1.42 bits per heavy atom. The molecule has 0 saturated heterocycles. The first-order valence-electron chi connectivity index (χ1n) is 3.55. The van der Waals surface area contributed by atoms with Crippen molar-refractivity contribution in [1.82, 2.24) is 0 Å². The molecule has 4 heteroatoms. The molecule has 0 aliphatic rings. The Bertz CT molecular complexity index is 177. The van der Waals surface area contributed by atoms with Crippen molar-refractivity contribution in [3.8, 4) is 0 Å². The standard InChI is InChI=1S/C8H11ClO3/c1-2-5-12-8(11)4-3-7(10)6-9/h2H,1,3-6H2. The third-order valence-electron chi connectivity index (χ3n) is 1.12. The lowest BCUT2D eigenvalue weighted by Crippen LogP contribution is -2.08. The quantitative estimate of drug-likeness (QED) is 0.360. The summed E-state index contributed by atoms with van der Waals surface area (Å²) in [7, 11) is 0. The van der Waals surface area contributed by atoms with Crippen molar-refractivity contribution < 1.29 is 14.3 Å². The van der Waals surface area contributed by atoms with Gasteiger partial charge in [-0.3, -0.25) is 9.59 Å². The second-order valence-corrected chi connectivity index (χ2v) is 2.41. The summed E-state index contributed by atoms with van der Waals surface area (Å²) in [5.41, 5.74) is 0. The van der Waals surface area contributed by atoms with Crippen LogP contribution in [0.25, 0.3) is 0 Å². The van der Waals surface area contributed by atoms with E-state index in [1.165, 1.54) is 6.08 Å². The molecule has 0 unspecified atom stereocenters. The van der Waals surface area contributed by atoms with E-state index in [4.69, 9.17) is 11.6 Å². The topological polar surface area (TPSA) is 43.4 Å². The molecule has 0 radical (unpaired) electrons. The van der Waals surface area contributed by atoms with Gasteiger partial charge in [-0.1, -0.05) is 12.7 Å². The fourth-order valence-corrected chi connectivity index (χ4v) is 0.666. The van der Waals surface area contributed by atoms with Gasteiger partial charge in [-0.05, 0) is 0 Å². The maximum absolute atomic E-state index is 10.8. The number of carbonyl (C=O) groups is 2. The maximum Gasteiger partial charge on any atom is 0.306 e.